The van der Waals surface area contributed by atoms with Crippen LogP contribution >= 0.6 is 11.3 Å². The Balaban J connectivity index is 1.42. The largest absolute Gasteiger partial charge is 0.354 e. The van der Waals surface area contributed by atoms with Crippen LogP contribution in [0.25, 0.3) is 0 Å². The molecule has 0 radical (unpaired) electrons. The highest BCUT2D eigenvalue weighted by Gasteiger charge is 2.20. The van der Waals surface area contributed by atoms with E-state index < -0.39 is 0 Å². The molecule has 0 aromatic carbocycles. The minimum atomic E-state index is 0.477. The molecule has 0 aliphatic carbocycles. The number of guanidine groups is 1. The van der Waals surface area contributed by atoms with E-state index in [0.717, 1.165) is 50.8 Å². The molecule has 0 saturated carbocycles. The van der Waals surface area contributed by atoms with Crippen molar-refractivity contribution in [3.63, 3.8) is 0 Å². The average molecular weight is 389 g/mol. The second kappa shape index (κ2) is 9.90. The first-order chi connectivity index (χ1) is 13.1. The molecule has 0 atom stereocenters. The Kier molecular flexibility index (Phi) is 7.29. The monoisotopic (exact) mass is 388 g/mol. The van der Waals surface area contributed by atoms with E-state index >= 15 is 0 Å². The molecule has 1 aliphatic rings. The van der Waals surface area contributed by atoms with Gasteiger partial charge >= 0.3 is 0 Å². The molecule has 148 valence electrons. The molecule has 7 heteroatoms. The summed E-state index contributed by atoms with van der Waals surface area (Å²) >= 11 is 1.78. The third-order valence-corrected chi connectivity index (χ3v) is 5.65. The van der Waals surface area contributed by atoms with E-state index in [1.165, 1.54) is 5.56 Å². The Hall–Kier alpha value is -1.86. The van der Waals surface area contributed by atoms with Gasteiger partial charge in [0.1, 0.15) is 5.82 Å². The first kappa shape index (κ1) is 19.9. The van der Waals surface area contributed by atoms with Gasteiger partial charge in [0.05, 0.1) is 6.54 Å². The molecule has 27 heavy (non-hydrogen) atoms. The van der Waals surface area contributed by atoms with Gasteiger partial charge in [-0.1, -0.05) is 13.8 Å². The molecule has 1 fully saturated rings. The Bertz CT molecular complexity index is 698. The van der Waals surface area contributed by atoms with E-state index in [0.29, 0.717) is 18.5 Å². The predicted molar refractivity (Wildman–Crippen MR) is 113 cm³/mol. The third kappa shape index (κ3) is 6.07. The third-order valence-electron chi connectivity index (χ3n) is 4.92. The van der Waals surface area contributed by atoms with Crippen molar-refractivity contribution in [2.24, 2.45) is 10.9 Å². The van der Waals surface area contributed by atoms with Gasteiger partial charge in [0.2, 0.25) is 0 Å². The van der Waals surface area contributed by atoms with Gasteiger partial charge in [-0.05, 0) is 41.1 Å². The number of aliphatic imine (C=N–C) groups is 1. The molecule has 2 N–H and O–H groups in total. The number of aromatic nitrogens is 2. The first-order valence-corrected chi connectivity index (χ1v) is 10.8. The van der Waals surface area contributed by atoms with Crippen LogP contribution in [0.4, 0.5) is 0 Å². The molecule has 0 spiro atoms. The fourth-order valence-electron chi connectivity index (χ4n) is 3.49. The van der Waals surface area contributed by atoms with Crippen molar-refractivity contribution >= 4 is 17.3 Å². The summed E-state index contributed by atoms with van der Waals surface area (Å²) in [5.74, 6) is 2.53. The first-order valence-electron chi connectivity index (χ1n) is 9.84. The van der Waals surface area contributed by atoms with Crippen LogP contribution in [0.1, 0.15) is 38.1 Å². The van der Waals surface area contributed by atoms with Gasteiger partial charge in [0.25, 0.3) is 0 Å². The van der Waals surface area contributed by atoms with Crippen LogP contribution in [0, 0.1) is 5.92 Å². The fourth-order valence-corrected chi connectivity index (χ4v) is 4.15. The van der Waals surface area contributed by atoms with Crippen molar-refractivity contribution in [1.29, 1.82) is 0 Å². The summed E-state index contributed by atoms with van der Waals surface area (Å²) in [6.07, 6.45) is 6.22. The van der Waals surface area contributed by atoms with Crippen molar-refractivity contribution < 1.29 is 0 Å². The predicted octanol–water partition coefficient (Wildman–Crippen LogP) is 2.93. The fraction of sp³-hybridized carbons (Fsp3) is 0.600. The van der Waals surface area contributed by atoms with Gasteiger partial charge in [0, 0.05) is 51.7 Å². The van der Waals surface area contributed by atoms with Crippen LogP contribution in [-0.4, -0.2) is 46.6 Å². The van der Waals surface area contributed by atoms with Crippen molar-refractivity contribution in [2.45, 2.75) is 52.4 Å². The maximum Gasteiger partial charge on any atom is 0.191 e. The molecule has 3 rings (SSSR count). The number of thiophene rings is 1. The minimum Gasteiger partial charge on any atom is -0.354 e. The van der Waals surface area contributed by atoms with E-state index in [4.69, 9.17) is 0 Å². The van der Waals surface area contributed by atoms with E-state index in [1.54, 1.807) is 11.3 Å². The smallest absolute Gasteiger partial charge is 0.191 e. The lowest BCUT2D eigenvalue weighted by Gasteiger charge is -2.32. The number of nitrogens with zero attached hydrogens (tertiary/aromatic N) is 4. The maximum atomic E-state index is 4.48. The van der Waals surface area contributed by atoms with Crippen LogP contribution in [0.5, 0.6) is 0 Å². The summed E-state index contributed by atoms with van der Waals surface area (Å²) in [6.45, 7) is 9.46. The second-order valence-electron chi connectivity index (χ2n) is 7.64. The van der Waals surface area contributed by atoms with Crippen LogP contribution < -0.4 is 10.6 Å². The highest BCUT2D eigenvalue weighted by Crippen LogP contribution is 2.15. The molecule has 2 aromatic heterocycles. The zero-order chi connectivity index (χ0) is 19.1. The summed E-state index contributed by atoms with van der Waals surface area (Å²) in [5.41, 5.74) is 1.43. The molecule has 1 saturated heterocycles. The molecular formula is C20H32N6S. The van der Waals surface area contributed by atoms with Gasteiger partial charge in [-0.15, -0.1) is 0 Å². The molecule has 0 bridgehead atoms. The quantitative estimate of drug-likeness (QED) is 0.566. The lowest BCUT2D eigenvalue weighted by Crippen LogP contribution is -2.48. The van der Waals surface area contributed by atoms with E-state index in [1.807, 2.05) is 13.2 Å². The topological polar surface area (TPSA) is 57.5 Å². The normalized spacial score (nSPS) is 16.8. The minimum absolute atomic E-state index is 0.477. The van der Waals surface area contributed by atoms with Crippen LogP contribution in [0.2, 0.25) is 0 Å². The number of piperidine rings is 1. The Morgan fingerprint density at radius 2 is 2.19 bits per heavy atom. The van der Waals surface area contributed by atoms with Crippen molar-refractivity contribution in [3.8, 4) is 0 Å². The summed E-state index contributed by atoms with van der Waals surface area (Å²) in [4.78, 5) is 11.4. The number of likely N-dealkylation sites (tertiary alicyclic amines) is 1. The number of rotatable bonds is 7. The number of imidazole rings is 1. The summed E-state index contributed by atoms with van der Waals surface area (Å²) < 4.78 is 2.22. The Morgan fingerprint density at radius 3 is 2.85 bits per heavy atom. The van der Waals surface area contributed by atoms with Gasteiger partial charge in [-0.25, -0.2) is 4.98 Å². The zero-order valence-corrected chi connectivity index (χ0v) is 17.5. The van der Waals surface area contributed by atoms with E-state index in [2.05, 4.69) is 66.9 Å². The van der Waals surface area contributed by atoms with Crippen LogP contribution in [0.15, 0.2) is 34.2 Å². The molecule has 0 amide bonds. The van der Waals surface area contributed by atoms with Gasteiger partial charge in [-0.3, -0.25) is 9.89 Å². The highest BCUT2D eigenvalue weighted by molar-refractivity contribution is 7.07. The summed E-state index contributed by atoms with van der Waals surface area (Å²) in [7, 11) is 1.83. The number of hydrogen-bond donors (Lipinski definition) is 2. The average Bonchev–Trinajstić information content (AvgIpc) is 3.32. The molecule has 2 aromatic rings. The molecular weight excluding hydrogens is 356 g/mol. The van der Waals surface area contributed by atoms with Gasteiger partial charge in [-0.2, -0.15) is 11.3 Å². The summed E-state index contributed by atoms with van der Waals surface area (Å²) in [5, 5.41) is 11.4. The van der Waals surface area contributed by atoms with Crippen molar-refractivity contribution in [1.82, 2.24) is 25.1 Å². The molecule has 1 aliphatic heterocycles. The highest BCUT2D eigenvalue weighted by atomic mass is 32.1. The second-order valence-corrected chi connectivity index (χ2v) is 8.42. The van der Waals surface area contributed by atoms with Gasteiger partial charge < -0.3 is 15.2 Å². The molecule has 6 nitrogen and oxygen atoms in total. The standard InChI is InChI=1S/C20H32N6S/c1-16(2)13-26-10-7-22-19(26)12-23-20(21-3)24-18-4-8-25(9-5-18)14-17-6-11-27-15-17/h6-7,10-11,15-16,18H,4-5,8-9,12-14H2,1-3H3,(H2,21,23,24). The number of nitrogens with one attached hydrogen (secondary N) is 2. The Morgan fingerprint density at radius 1 is 1.37 bits per heavy atom. The number of hydrogen-bond acceptors (Lipinski definition) is 4. The molecule has 0 unspecified atom stereocenters. The van der Waals surface area contributed by atoms with E-state index in [9.17, 15) is 0 Å². The van der Waals surface area contributed by atoms with Crippen LogP contribution in [0.3, 0.4) is 0 Å². The van der Waals surface area contributed by atoms with E-state index in [-0.39, 0.29) is 0 Å². The Labute approximate surface area is 166 Å². The molecule has 3 heterocycles. The summed E-state index contributed by atoms with van der Waals surface area (Å²) in [6, 6.07) is 2.70. The van der Waals surface area contributed by atoms with Crippen molar-refractivity contribution in [2.75, 3.05) is 20.1 Å². The van der Waals surface area contributed by atoms with Gasteiger partial charge in [0.15, 0.2) is 5.96 Å². The van der Waals surface area contributed by atoms with Crippen LogP contribution in [-0.2, 0) is 19.6 Å². The lowest BCUT2D eigenvalue weighted by atomic mass is 10.0. The van der Waals surface area contributed by atoms with Crippen molar-refractivity contribution in [3.05, 3.63) is 40.6 Å². The maximum absolute atomic E-state index is 4.48. The zero-order valence-electron chi connectivity index (χ0n) is 16.7. The lowest BCUT2D eigenvalue weighted by molar-refractivity contribution is 0.198. The SMILES string of the molecule is CN=C(NCc1nccn1CC(C)C)NC1CCN(Cc2ccsc2)CC1.